The molecule has 118 valence electrons. The molecule has 0 atom stereocenters. The maximum atomic E-state index is 12.8. The third kappa shape index (κ3) is 5.44. The number of nitrogens with one attached hydrogen (secondary N) is 2. The first kappa shape index (κ1) is 17.0. The zero-order chi connectivity index (χ0) is 16.3. The maximum absolute atomic E-state index is 12.8. The Kier molecular flexibility index (Phi) is 4.97. The lowest BCUT2D eigenvalue weighted by Gasteiger charge is -2.26. The van der Waals surface area contributed by atoms with Gasteiger partial charge in [-0.1, -0.05) is 0 Å². The molecule has 0 aromatic carbocycles. The minimum absolute atomic E-state index is 0.0282. The van der Waals surface area contributed by atoms with E-state index in [0.717, 1.165) is 0 Å². The first-order valence-electron chi connectivity index (χ1n) is 6.30. The number of alkyl halides is 3. The highest BCUT2D eigenvalue weighted by atomic mass is 19.4. The van der Waals surface area contributed by atoms with Crippen molar-refractivity contribution in [3.05, 3.63) is 11.9 Å². The van der Waals surface area contributed by atoms with Crippen LogP contribution in [-0.2, 0) is 11.0 Å². The average Bonchev–Trinajstić information content (AvgIpc) is 2.24. The lowest BCUT2D eigenvalue weighted by molar-refractivity contribution is -0.144. The topological polar surface area (TPSA) is 92.9 Å². The third-order valence-corrected chi connectivity index (χ3v) is 2.42. The van der Waals surface area contributed by atoms with Crippen molar-refractivity contribution in [1.82, 2.24) is 9.97 Å². The van der Waals surface area contributed by atoms with Gasteiger partial charge in [-0.05, 0) is 20.8 Å². The Morgan fingerprint density at radius 3 is 2.33 bits per heavy atom. The van der Waals surface area contributed by atoms with Crippen molar-refractivity contribution in [2.75, 3.05) is 17.2 Å². The summed E-state index contributed by atoms with van der Waals surface area (Å²) < 4.78 is 38.3. The van der Waals surface area contributed by atoms with Gasteiger partial charge in [0, 0.05) is 24.6 Å². The number of primary amides is 1. The summed E-state index contributed by atoms with van der Waals surface area (Å²) in [7, 11) is 0. The predicted molar refractivity (Wildman–Crippen MR) is 72.7 cm³/mol. The van der Waals surface area contributed by atoms with E-state index in [1.54, 1.807) is 20.8 Å². The Morgan fingerprint density at radius 2 is 1.86 bits per heavy atom. The molecule has 0 saturated heterocycles. The quantitative estimate of drug-likeness (QED) is 0.747. The van der Waals surface area contributed by atoms with Crippen LogP contribution in [0.1, 0.15) is 33.0 Å². The number of halogens is 3. The van der Waals surface area contributed by atoms with E-state index >= 15 is 0 Å². The van der Waals surface area contributed by atoms with Gasteiger partial charge in [-0.2, -0.15) is 13.2 Å². The molecule has 1 amide bonds. The first-order chi connectivity index (χ1) is 9.53. The SMILES string of the molecule is CCNc1cc(NC(C)(C)CC(N)=O)nc(C(F)(F)F)n1. The van der Waals surface area contributed by atoms with Crippen molar-refractivity contribution in [1.29, 1.82) is 0 Å². The Balaban J connectivity index is 3.11. The molecule has 0 bridgehead atoms. The number of hydrogen-bond donors (Lipinski definition) is 3. The molecule has 1 aromatic rings. The van der Waals surface area contributed by atoms with Crippen LogP contribution in [0, 0.1) is 0 Å². The van der Waals surface area contributed by atoms with Gasteiger partial charge >= 0.3 is 6.18 Å². The Morgan fingerprint density at radius 1 is 1.29 bits per heavy atom. The zero-order valence-electron chi connectivity index (χ0n) is 12.0. The Labute approximate surface area is 120 Å². The first-order valence-corrected chi connectivity index (χ1v) is 6.30. The average molecular weight is 305 g/mol. The Bertz CT molecular complexity index is 516. The molecular formula is C12H18F3N5O. The second kappa shape index (κ2) is 6.15. The van der Waals surface area contributed by atoms with Crippen LogP contribution in [-0.4, -0.2) is 28.0 Å². The molecule has 0 unspecified atom stereocenters. The second-order valence-corrected chi connectivity index (χ2v) is 5.14. The summed E-state index contributed by atoms with van der Waals surface area (Å²) in [4.78, 5) is 17.8. The summed E-state index contributed by atoms with van der Waals surface area (Å²) in [5, 5.41) is 5.47. The van der Waals surface area contributed by atoms with Gasteiger partial charge in [0.25, 0.3) is 0 Å². The summed E-state index contributed by atoms with van der Waals surface area (Å²) in [6.07, 6.45) is -4.70. The standard InChI is InChI=1S/C12H18F3N5O/c1-4-17-8-5-9(19-10(18-8)12(13,14)15)20-11(2,3)6-7(16)21/h5H,4,6H2,1-3H3,(H2,16,21)(H2,17,18,19,20). The van der Waals surface area contributed by atoms with Crippen molar-refractivity contribution in [3.63, 3.8) is 0 Å². The molecule has 21 heavy (non-hydrogen) atoms. The normalized spacial score (nSPS) is 12.1. The number of aromatic nitrogens is 2. The Hall–Kier alpha value is -2.06. The molecule has 0 radical (unpaired) electrons. The fourth-order valence-electron chi connectivity index (χ4n) is 1.74. The maximum Gasteiger partial charge on any atom is 0.451 e. The summed E-state index contributed by atoms with van der Waals surface area (Å²) >= 11 is 0. The molecule has 0 aliphatic rings. The molecule has 0 spiro atoms. The van der Waals surface area contributed by atoms with Crippen LogP contribution in [0.15, 0.2) is 6.07 Å². The van der Waals surface area contributed by atoms with Crippen LogP contribution in [0.2, 0.25) is 0 Å². The van der Waals surface area contributed by atoms with Gasteiger partial charge in [0.05, 0.1) is 0 Å². The van der Waals surface area contributed by atoms with E-state index in [4.69, 9.17) is 5.73 Å². The fourth-order valence-corrected chi connectivity index (χ4v) is 1.74. The predicted octanol–water partition coefficient (Wildman–Crippen LogP) is 1.99. The lowest BCUT2D eigenvalue weighted by Crippen LogP contribution is -2.36. The van der Waals surface area contributed by atoms with Gasteiger partial charge < -0.3 is 16.4 Å². The van der Waals surface area contributed by atoms with Crippen molar-refractivity contribution in [2.45, 2.75) is 38.9 Å². The van der Waals surface area contributed by atoms with Crippen molar-refractivity contribution >= 4 is 17.5 Å². The van der Waals surface area contributed by atoms with Gasteiger partial charge in [0.1, 0.15) is 11.6 Å². The number of rotatable bonds is 6. The van der Waals surface area contributed by atoms with Crippen LogP contribution in [0.3, 0.4) is 0 Å². The molecule has 0 aliphatic carbocycles. The number of carbonyl (C=O) groups excluding carboxylic acids is 1. The highest BCUT2D eigenvalue weighted by Crippen LogP contribution is 2.29. The second-order valence-electron chi connectivity index (χ2n) is 5.14. The third-order valence-electron chi connectivity index (χ3n) is 2.42. The van der Waals surface area contributed by atoms with Gasteiger partial charge in [0.2, 0.25) is 11.7 Å². The molecule has 6 nitrogen and oxygen atoms in total. The van der Waals surface area contributed by atoms with Crippen molar-refractivity contribution in [3.8, 4) is 0 Å². The molecule has 1 rings (SSSR count). The van der Waals surface area contributed by atoms with Gasteiger partial charge in [0.15, 0.2) is 0 Å². The minimum Gasteiger partial charge on any atom is -0.370 e. The van der Waals surface area contributed by atoms with Gasteiger partial charge in [-0.25, -0.2) is 9.97 Å². The molecule has 1 aromatic heterocycles. The number of anilines is 2. The molecule has 0 fully saturated rings. The molecule has 0 saturated carbocycles. The number of nitrogens with two attached hydrogens (primary N) is 1. The zero-order valence-corrected chi connectivity index (χ0v) is 12.0. The highest BCUT2D eigenvalue weighted by molar-refractivity contribution is 5.75. The number of hydrogen-bond acceptors (Lipinski definition) is 5. The van der Waals surface area contributed by atoms with Gasteiger partial charge in [-0.15, -0.1) is 0 Å². The monoisotopic (exact) mass is 305 g/mol. The molecule has 0 aliphatic heterocycles. The van der Waals surface area contributed by atoms with Crippen LogP contribution in [0.4, 0.5) is 24.8 Å². The number of carbonyl (C=O) groups is 1. The van der Waals surface area contributed by atoms with Crippen LogP contribution in [0.5, 0.6) is 0 Å². The fraction of sp³-hybridized carbons (Fsp3) is 0.583. The van der Waals surface area contributed by atoms with E-state index in [-0.39, 0.29) is 18.1 Å². The lowest BCUT2D eigenvalue weighted by atomic mass is 10.0. The summed E-state index contributed by atoms with van der Waals surface area (Å²) in [6.45, 7) is 5.43. The smallest absolute Gasteiger partial charge is 0.370 e. The van der Waals surface area contributed by atoms with E-state index in [9.17, 15) is 18.0 Å². The minimum atomic E-state index is -4.66. The van der Waals surface area contributed by atoms with Crippen molar-refractivity contribution in [2.24, 2.45) is 5.73 Å². The van der Waals surface area contributed by atoms with Crippen molar-refractivity contribution < 1.29 is 18.0 Å². The van der Waals surface area contributed by atoms with E-state index in [1.807, 2.05) is 0 Å². The van der Waals surface area contributed by atoms with E-state index < -0.39 is 23.4 Å². The number of nitrogens with zero attached hydrogens (tertiary/aromatic N) is 2. The summed E-state index contributed by atoms with van der Waals surface area (Å²) in [5.74, 6) is -1.79. The molecule has 4 N–H and O–H groups in total. The summed E-state index contributed by atoms with van der Waals surface area (Å²) in [6, 6.07) is 1.35. The molecular weight excluding hydrogens is 287 g/mol. The van der Waals surface area contributed by atoms with Gasteiger partial charge in [-0.3, -0.25) is 4.79 Å². The highest BCUT2D eigenvalue weighted by Gasteiger charge is 2.36. The number of amides is 1. The largest absolute Gasteiger partial charge is 0.451 e. The van der Waals surface area contributed by atoms with Crippen LogP contribution in [0.25, 0.3) is 0 Å². The molecule has 1 heterocycles. The van der Waals surface area contributed by atoms with E-state index in [0.29, 0.717) is 6.54 Å². The van der Waals surface area contributed by atoms with Crippen LogP contribution >= 0.6 is 0 Å². The van der Waals surface area contributed by atoms with E-state index in [1.165, 1.54) is 6.07 Å². The molecule has 9 heteroatoms. The summed E-state index contributed by atoms with van der Waals surface area (Å²) in [5.41, 5.74) is 4.28. The van der Waals surface area contributed by atoms with Crippen LogP contribution < -0.4 is 16.4 Å². The van der Waals surface area contributed by atoms with E-state index in [2.05, 4.69) is 20.6 Å².